The summed E-state index contributed by atoms with van der Waals surface area (Å²) in [5.74, 6) is -0.543. The number of nitrogens with one attached hydrogen (secondary N) is 2. The number of anilines is 4. The van der Waals surface area contributed by atoms with Crippen molar-refractivity contribution in [3.63, 3.8) is 0 Å². The third kappa shape index (κ3) is 3.54. The smallest absolute Gasteiger partial charge is 0.233 e. The van der Waals surface area contributed by atoms with E-state index in [-0.39, 0.29) is 16.1 Å². The lowest BCUT2D eigenvalue weighted by Gasteiger charge is -2.13. The van der Waals surface area contributed by atoms with Crippen molar-refractivity contribution in [1.82, 2.24) is 15.0 Å². The Bertz CT molecular complexity index is 664. The molecule has 2 aromatic rings. The van der Waals surface area contributed by atoms with Crippen LogP contribution >= 0.6 is 15.9 Å². The Morgan fingerprint density at radius 3 is 2.33 bits per heavy atom. The molecule has 0 radical (unpaired) electrons. The molecule has 0 aliphatic heterocycles. The largest absolute Gasteiger partial charge is 0.357 e. The van der Waals surface area contributed by atoms with Gasteiger partial charge in [-0.3, -0.25) is 0 Å². The van der Waals surface area contributed by atoms with Crippen LogP contribution in [0.1, 0.15) is 0 Å². The maximum atomic E-state index is 13.7. The van der Waals surface area contributed by atoms with Crippen LogP contribution in [-0.4, -0.2) is 36.1 Å². The Balaban J connectivity index is 2.39. The lowest BCUT2D eigenvalue weighted by Crippen LogP contribution is -2.15. The quantitative estimate of drug-likeness (QED) is 0.819. The summed E-state index contributed by atoms with van der Waals surface area (Å²) in [7, 11) is 5.20. The van der Waals surface area contributed by atoms with Crippen molar-refractivity contribution in [2.45, 2.75) is 0 Å². The summed E-state index contributed by atoms with van der Waals surface area (Å²) in [6.07, 6.45) is 0. The molecule has 6 nitrogen and oxygen atoms in total. The molecule has 0 saturated carbocycles. The van der Waals surface area contributed by atoms with E-state index in [9.17, 15) is 8.78 Å². The molecular formula is C12H13BrF2N6. The fourth-order valence-corrected chi connectivity index (χ4v) is 1.81. The average molecular weight is 359 g/mol. The highest BCUT2D eigenvalue weighted by atomic mass is 79.9. The molecule has 0 unspecified atom stereocenters. The zero-order valence-electron chi connectivity index (χ0n) is 11.6. The molecule has 0 saturated heterocycles. The number of hydrogen-bond acceptors (Lipinski definition) is 6. The Morgan fingerprint density at radius 1 is 1.05 bits per heavy atom. The van der Waals surface area contributed by atoms with Gasteiger partial charge in [0, 0.05) is 27.2 Å². The van der Waals surface area contributed by atoms with Gasteiger partial charge in [0.2, 0.25) is 17.8 Å². The van der Waals surface area contributed by atoms with Crippen molar-refractivity contribution in [2.75, 3.05) is 36.7 Å². The minimum absolute atomic E-state index is 0.0567. The van der Waals surface area contributed by atoms with Crippen molar-refractivity contribution in [1.29, 1.82) is 0 Å². The lowest BCUT2D eigenvalue weighted by atomic mass is 10.3. The summed E-state index contributed by atoms with van der Waals surface area (Å²) < 4.78 is 27.1. The molecule has 0 spiro atoms. The lowest BCUT2D eigenvalue weighted by molar-refractivity contribution is 0.581. The van der Waals surface area contributed by atoms with Gasteiger partial charge in [-0.25, -0.2) is 8.78 Å². The molecule has 1 aromatic heterocycles. The number of rotatable bonds is 4. The van der Waals surface area contributed by atoms with Gasteiger partial charge < -0.3 is 15.5 Å². The fraction of sp³-hybridized carbons (Fsp3) is 0.250. The fourth-order valence-electron chi connectivity index (χ4n) is 1.47. The van der Waals surface area contributed by atoms with Crippen LogP contribution < -0.4 is 15.5 Å². The highest BCUT2D eigenvalue weighted by Crippen LogP contribution is 2.26. The van der Waals surface area contributed by atoms with E-state index in [4.69, 9.17) is 0 Å². The monoisotopic (exact) mass is 358 g/mol. The zero-order chi connectivity index (χ0) is 15.6. The van der Waals surface area contributed by atoms with Gasteiger partial charge in [0.05, 0.1) is 10.2 Å². The number of nitrogens with zero attached hydrogens (tertiary/aromatic N) is 4. The molecule has 21 heavy (non-hydrogen) atoms. The van der Waals surface area contributed by atoms with Gasteiger partial charge in [-0.2, -0.15) is 15.0 Å². The molecule has 2 N–H and O–H groups in total. The highest BCUT2D eigenvalue weighted by Gasteiger charge is 2.12. The van der Waals surface area contributed by atoms with E-state index >= 15 is 0 Å². The van der Waals surface area contributed by atoms with Crippen molar-refractivity contribution in [2.24, 2.45) is 0 Å². The van der Waals surface area contributed by atoms with Gasteiger partial charge in [0.15, 0.2) is 0 Å². The van der Waals surface area contributed by atoms with Crippen molar-refractivity contribution in [3.8, 4) is 0 Å². The summed E-state index contributed by atoms with van der Waals surface area (Å²) >= 11 is 3.00. The topological polar surface area (TPSA) is 66.0 Å². The van der Waals surface area contributed by atoms with Gasteiger partial charge >= 0.3 is 0 Å². The number of aromatic nitrogens is 3. The second-order valence-electron chi connectivity index (χ2n) is 4.30. The molecule has 1 heterocycles. The Hall–Kier alpha value is -2.03. The van der Waals surface area contributed by atoms with Gasteiger partial charge in [-0.15, -0.1) is 0 Å². The Labute approximate surface area is 128 Å². The SMILES string of the molecule is CNc1nc(Nc2cc(Br)c(F)cc2F)nc(N(C)C)n1. The molecule has 0 atom stereocenters. The van der Waals surface area contributed by atoms with Crippen LogP contribution in [0.5, 0.6) is 0 Å². The van der Waals surface area contributed by atoms with Crippen LogP contribution in [0.2, 0.25) is 0 Å². The number of halogens is 3. The van der Waals surface area contributed by atoms with E-state index in [0.717, 1.165) is 6.07 Å². The maximum Gasteiger partial charge on any atom is 0.233 e. The Morgan fingerprint density at radius 2 is 1.71 bits per heavy atom. The Kier molecular flexibility index (Phi) is 4.51. The van der Waals surface area contributed by atoms with E-state index in [1.54, 1.807) is 26.0 Å². The third-order valence-corrected chi connectivity index (χ3v) is 3.11. The number of benzene rings is 1. The first-order chi connectivity index (χ1) is 9.90. The van der Waals surface area contributed by atoms with Crippen LogP contribution in [0, 0.1) is 11.6 Å². The standard InChI is InChI=1S/C12H13BrF2N6/c1-16-10-18-11(20-12(19-10)21(2)3)17-9-4-6(13)7(14)5-8(9)15/h4-5H,1-3H3,(H2,16,17,18,19,20). The minimum Gasteiger partial charge on any atom is -0.357 e. The maximum absolute atomic E-state index is 13.7. The molecular weight excluding hydrogens is 346 g/mol. The van der Waals surface area contributed by atoms with Crippen molar-refractivity contribution in [3.05, 3.63) is 28.2 Å². The highest BCUT2D eigenvalue weighted by molar-refractivity contribution is 9.10. The molecule has 0 amide bonds. The summed E-state index contributed by atoms with van der Waals surface area (Å²) in [6.45, 7) is 0. The third-order valence-electron chi connectivity index (χ3n) is 2.50. The van der Waals surface area contributed by atoms with Crippen molar-refractivity contribution >= 4 is 39.5 Å². The summed E-state index contributed by atoms with van der Waals surface area (Å²) in [5, 5.41) is 5.50. The minimum atomic E-state index is -0.742. The summed E-state index contributed by atoms with van der Waals surface area (Å²) in [6, 6.07) is 2.06. The van der Waals surface area contributed by atoms with E-state index in [1.165, 1.54) is 6.07 Å². The number of hydrogen-bond donors (Lipinski definition) is 2. The molecule has 9 heteroatoms. The van der Waals surface area contributed by atoms with Gasteiger partial charge in [0.1, 0.15) is 11.6 Å². The first-order valence-corrected chi connectivity index (χ1v) is 6.72. The van der Waals surface area contributed by atoms with Gasteiger partial charge in [-0.05, 0) is 22.0 Å². The normalized spacial score (nSPS) is 10.4. The van der Waals surface area contributed by atoms with E-state index in [0.29, 0.717) is 11.9 Å². The van der Waals surface area contributed by atoms with Crippen molar-refractivity contribution < 1.29 is 8.78 Å². The molecule has 0 aliphatic rings. The van der Waals surface area contributed by atoms with E-state index in [2.05, 4.69) is 41.5 Å². The second-order valence-corrected chi connectivity index (χ2v) is 5.15. The van der Waals surface area contributed by atoms with Gasteiger partial charge in [0.25, 0.3) is 0 Å². The van der Waals surface area contributed by atoms with E-state index < -0.39 is 11.6 Å². The molecule has 1 aromatic carbocycles. The van der Waals surface area contributed by atoms with E-state index in [1.807, 2.05) is 0 Å². The molecule has 0 aliphatic carbocycles. The van der Waals surface area contributed by atoms with Crippen LogP contribution in [0.4, 0.5) is 32.3 Å². The first-order valence-electron chi connectivity index (χ1n) is 5.93. The first kappa shape index (κ1) is 15.4. The molecule has 0 fully saturated rings. The predicted molar refractivity (Wildman–Crippen MR) is 81.0 cm³/mol. The second kappa shape index (κ2) is 6.17. The average Bonchev–Trinajstić information content (AvgIpc) is 2.44. The summed E-state index contributed by atoms with van der Waals surface area (Å²) in [5.41, 5.74) is 0.0567. The molecule has 112 valence electrons. The predicted octanol–water partition coefficient (Wildman–Crippen LogP) is 2.76. The van der Waals surface area contributed by atoms with Crippen LogP contribution in [-0.2, 0) is 0 Å². The van der Waals surface area contributed by atoms with Crippen LogP contribution in [0.15, 0.2) is 16.6 Å². The zero-order valence-corrected chi connectivity index (χ0v) is 13.2. The van der Waals surface area contributed by atoms with Crippen LogP contribution in [0.3, 0.4) is 0 Å². The molecule has 2 rings (SSSR count). The summed E-state index contributed by atoms with van der Waals surface area (Å²) in [4.78, 5) is 14.0. The molecule has 0 bridgehead atoms. The van der Waals surface area contributed by atoms with Crippen LogP contribution in [0.25, 0.3) is 0 Å². The van der Waals surface area contributed by atoms with Gasteiger partial charge in [-0.1, -0.05) is 0 Å².